The molecule has 0 radical (unpaired) electrons. The molecule has 1 saturated heterocycles. The minimum absolute atomic E-state index is 0.106. The maximum absolute atomic E-state index is 12.4. The molecule has 2 N–H and O–H groups in total. The Morgan fingerprint density at radius 3 is 2.72 bits per heavy atom. The number of amides is 2. The van der Waals surface area contributed by atoms with Crippen LogP contribution in [-0.4, -0.2) is 67.8 Å². The summed E-state index contributed by atoms with van der Waals surface area (Å²) in [5.74, 6) is 0.111. The molecule has 1 unspecified atom stereocenters. The van der Waals surface area contributed by atoms with Gasteiger partial charge in [0.05, 0.1) is 12.9 Å². The maximum atomic E-state index is 12.4. The summed E-state index contributed by atoms with van der Waals surface area (Å²) in [6.45, 7) is 1.99. The summed E-state index contributed by atoms with van der Waals surface area (Å²) in [5, 5.41) is 12.1. The van der Waals surface area contributed by atoms with Crippen LogP contribution in [0, 0.1) is 5.92 Å². The molecule has 1 aromatic carbocycles. The van der Waals surface area contributed by atoms with Crippen molar-refractivity contribution in [1.82, 2.24) is 14.5 Å². The Balaban J connectivity index is 1.88. The molecule has 0 aliphatic carbocycles. The van der Waals surface area contributed by atoms with Crippen LogP contribution >= 0.6 is 0 Å². The second-order valence-electron chi connectivity index (χ2n) is 6.45. The Hall–Kier alpha value is -1.64. The van der Waals surface area contributed by atoms with E-state index in [0.717, 1.165) is 18.4 Å². The molecule has 8 heteroatoms. The number of carbonyl (C=O) groups is 1. The number of aliphatic hydroxyl groups excluding tert-OH is 1. The van der Waals surface area contributed by atoms with Gasteiger partial charge < -0.3 is 15.3 Å². The average Bonchev–Trinajstić information content (AvgIpc) is 2.60. The summed E-state index contributed by atoms with van der Waals surface area (Å²) in [6, 6.07) is 9.36. The first-order valence-corrected chi connectivity index (χ1v) is 10.4. The van der Waals surface area contributed by atoms with E-state index in [1.807, 2.05) is 30.3 Å². The quantitative estimate of drug-likeness (QED) is 0.746. The lowest BCUT2D eigenvalue weighted by Gasteiger charge is -2.31. The van der Waals surface area contributed by atoms with Crippen molar-refractivity contribution in [3.8, 4) is 0 Å². The van der Waals surface area contributed by atoms with Gasteiger partial charge in [0.2, 0.25) is 10.0 Å². The second-order valence-corrected chi connectivity index (χ2v) is 8.43. The Kier molecular flexibility index (Phi) is 7.22. The zero-order chi connectivity index (χ0) is 18.3. The second kappa shape index (κ2) is 9.17. The molecule has 140 valence electrons. The van der Waals surface area contributed by atoms with Crippen molar-refractivity contribution in [2.45, 2.75) is 19.4 Å². The Labute approximate surface area is 149 Å². The molecule has 0 spiro atoms. The fraction of sp³-hybridized carbons (Fsp3) is 0.588. The van der Waals surface area contributed by atoms with Gasteiger partial charge in [0.15, 0.2) is 0 Å². The minimum atomic E-state index is -3.19. The molecule has 1 aliphatic heterocycles. The first kappa shape index (κ1) is 19.7. The highest BCUT2D eigenvalue weighted by Crippen LogP contribution is 2.18. The molecule has 1 aliphatic rings. The molecule has 7 nitrogen and oxygen atoms in total. The molecule has 2 rings (SSSR count). The van der Waals surface area contributed by atoms with E-state index in [1.165, 1.54) is 10.6 Å². The highest BCUT2D eigenvalue weighted by molar-refractivity contribution is 7.88. The van der Waals surface area contributed by atoms with E-state index in [0.29, 0.717) is 26.2 Å². The van der Waals surface area contributed by atoms with Crippen molar-refractivity contribution in [3.05, 3.63) is 35.9 Å². The molecule has 1 atom stereocenters. The molecule has 2 amide bonds. The maximum Gasteiger partial charge on any atom is 0.317 e. The fourth-order valence-electron chi connectivity index (χ4n) is 3.02. The van der Waals surface area contributed by atoms with Crippen LogP contribution < -0.4 is 5.32 Å². The molecule has 0 aromatic heterocycles. The van der Waals surface area contributed by atoms with E-state index in [1.54, 1.807) is 4.90 Å². The van der Waals surface area contributed by atoms with Crippen LogP contribution in [0.1, 0.15) is 18.4 Å². The van der Waals surface area contributed by atoms with Crippen LogP contribution in [0.4, 0.5) is 4.79 Å². The zero-order valence-corrected chi connectivity index (χ0v) is 15.4. The normalized spacial score (nSPS) is 18.7. The number of sulfonamides is 1. The van der Waals surface area contributed by atoms with Crippen LogP contribution in [0.3, 0.4) is 0 Å². The average molecular weight is 369 g/mol. The van der Waals surface area contributed by atoms with Crippen LogP contribution in [0.15, 0.2) is 30.3 Å². The summed E-state index contributed by atoms with van der Waals surface area (Å²) >= 11 is 0. The number of rotatable bonds is 7. The molecular weight excluding hydrogens is 342 g/mol. The number of nitrogens with one attached hydrogen (secondary N) is 1. The number of benzene rings is 1. The van der Waals surface area contributed by atoms with E-state index in [4.69, 9.17) is 0 Å². The van der Waals surface area contributed by atoms with Gasteiger partial charge in [-0.2, -0.15) is 0 Å². The lowest BCUT2D eigenvalue weighted by atomic mass is 10.00. The van der Waals surface area contributed by atoms with Gasteiger partial charge in [-0.1, -0.05) is 30.3 Å². The molecule has 0 saturated carbocycles. The van der Waals surface area contributed by atoms with Gasteiger partial charge in [0.1, 0.15) is 0 Å². The monoisotopic (exact) mass is 369 g/mol. The third-order valence-electron chi connectivity index (χ3n) is 4.37. The highest BCUT2D eigenvalue weighted by atomic mass is 32.2. The van der Waals surface area contributed by atoms with Crippen molar-refractivity contribution in [2.24, 2.45) is 5.92 Å². The molecule has 0 bridgehead atoms. The van der Waals surface area contributed by atoms with Gasteiger partial charge in [-0.15, -0.1) is 0 Å². The van der Waals surface area contributed by atoms with Crippen molar-refractivity contribution in [1.29, 1.82) is 0 Å². The van der Waals surface area contributed by atoms with Crippen LogP contribution in [0.5, 0.6) is 0 Å². The zero-order valence-electron chi connectivity index (χ0n) is 14.6. The number of hydrogen-bond acceptors (Lipinski definition) is 4. The summed E-state index contributed by atoms with van der Waals surface area (Å²) < 4.78 is 24.8. The largest absolute Gasteiger partial charge is 0.395 e. The lowest BCUT2D eigenvalue weighted by Crippen LogP contribution is -2.46. The Bertz CT molecular complexity index is 651. The summed E-state index contributed by atoms with van der Waals surface area (Å²) in [4.78, 5) is 14.0. The smallest absolute Gasteiger partial charge is 0.317 e. The molecule has 25 heavy (non-hydrogen) atoms. The van der Waals surface area contributed by atoms with E-state index >= 15 is 0 Å². The van der Waals surface area contributed by atoms with Crippen LogP contribution in [0.2, 0.25) is 0 Å². The highest BCUT2D eigenvalue weighted by Gasteiger charge is 2.26. The van der Waals surface area contributed by atoms with Gasteiger partial charge in [-0.25, -0.2) is 17.5 Å². The number of urea groups is 1. The summed E-state index contributed by atoms with van der Waals surface area (Å²) in [6.07, 6.45) is 2.92. The first-order chi connectivity index (χ1) is 11.9. The Morgan fingerprint density at radius 1 is 1.36 bits per heavy atom. The predicted octanol–water partition coefficient (Wildman–Crippen LogP) is 0.862. The topological polar surface area (TPSA) is 90.0 Å². The van der Waals surface area contributed by atoms with E-state index < -0.39 is 10.0 Å². The van der Waals surface area contributed by atoms with Gasteiger partial charge in [-0.05, 0) is 24.3 Å². The number of hydrogen-bond donors (Lipinski definition) is 2. The third kappa shape index (κ3) is 6.30. The summed E-state index contributed by atoms with van der Waals surface area (Å²) in [7, 11) is -3.19. The van der Waals surface area contributed by atoms with Gasteiger partial charge in [0.25, 0.3) is 0 Å². The minimum Gasteiger partial charge on any atom is -0.395 e. The number of piperidine rings is 1. The summed E-state index contributed by atoms with van der Waals surface area (Å²) in [5.41, 5.74) is 0.993. The van der Waals surface area contributed by atoms with Crippen LogP contribution in [0.25, 0.3) is 0 Å². The molecular formula is C17H27N3O4S. The standard InChI is InChI=1S/C17H27N3O4S/c1-25(23,24)20-9-5-8-16(14-20)12-18-17(22)19(10-11-21)13-15-6-3-2-4-7-15/h2-4,6-7,16,21H,5,8-14H2,1H3,(H,18,22). The molecule has 1 heterocycles. The van der Waals surface area contributed by atoms with Crippen LogP contribution in [-0.2, 0) is 16.6 Å². The van der Waals surface area contributed by atoms with Crippen molar-refractivity contribution >= 4 is 16.1 Å². The third-order valence-corrected chi connectivity index (χ3v) is 5.64. The predicted molar refractivity (Wildman–Crippen MR) is 96.5 cm³/mol. The van der Waals surface area contributed by atoms with Gasteiger partial charge >= 0.3 is 6.03 Å². The number of carbonyl (C=O) groups excluding carboxylic acids is 1. The van der Waals surface area contributed by atoms with E-state index in [2.05, 4.69) is 5.32 Å². The number of aliphatic hydroxyl groups is 1. The fourth-order valence-corrected chi connectivity index (χ4v) is 3.96. The molecule has 1 fully saturated rings. The lowest BCUT2D eigenvalue weighted by molar-refractivity contribution is 0.170. The van der Waals surface area contributed by atoms with E-state index in [-0.39, 0.29) is 25.1 Å². The Morgan fingerprint density at radius 2 is 2.08 bits per heavy atom. The number of nitrogens with zero attached hydrogens (tertiary/aromatic N) is 2. The van der Waals surface area contributed by atoms with Gasteiger partial charge in [0, 0.05) is 32.7 Å². The first-order valence-electron chi connectivity index (χ1n) is 8.53. The van der Waals surface area contributed by atoms with Gasteiger partial charge in [-0.3, -0.25) is 0 Å². The van der Waals surface area contributed by atoms with E-state index in [9.17, 15) is 18.3 Å². The van der Waals surface area contributed by atoms with Crippen molar-refractivity contribution < 1.29 is 18.3 Å². The van der Waals surface area contributed by atoms with Crippen molar-refractivity contribution in [3.63, 3.8) is 0 Å². The SMILES string of the molecule is CS(=O)(=O)N1CCCC(CNC(=O)N(CCO)Cc2ccccc2)C1. The molecule has 1 aromatic rings. The van der Waals surface area contributed by atoms with Crippen molar-refractivity contribution in [2.75, 3.05) is 39.0 Å².